The van der Waals surface area contributed by atoms with Crippen LogP contribution in [0.4, 0.5) is 4.79 Å². The highest BCUT2D eigenvalue weighted by Crippen LogP contribution is 2.17. The number of primary amides is 1. The molecular weight excluding hydrogens is 240 g/mol. The third kappa shape index (κ3) is 7.32. The lowest BCUT2D eigenvalue weighted by atomic mass is 10.5. The van der Waals surface area contributed by atoms with Crippen molar-refractivity contribution in [2.24, 2.45) is 5.73 Å². The molecule has 0 fully saturated rings. The Morgan fingerprint density at radius 2 is 1.59 bits per heavy atom. The Hall–Kier alpha value is -0.633. The molecule has 6 nitrogen and oxygen atoms in total. The minimum atomic E-state index is -2.56. The molecule has 0 aromatic rings. The Morgan fingerprint density at radius 1 is 1.12 bits per heavy atom. The first kappa shape index (κ1) is 16.4. The monoisotopic (exact) mass is 264 g/mol. The summed E-state index contributed by atoms with van der Waals surface area (Å²) in [6, 6.07) is 0.171. The maximum absolute atomic E-state index is 10.5. The van der Waals surface area contributed by atoms with Gasteiger partial charge in [0.25, 0.3) is 0 Å². The van der Waals surface area contributed by atoms with E-state index in [9.17, 15) is 4.79 Å². The fraction of sp³-hybridized carbons (Fsp3) is 0.900. The van der Waals surface area contributed by atoms with E-state index < -0.39 is 14.8 Å². The van der Waals surface area contributed by atoms with Crippen LogP contribution in [0.5, 0.6) is 0 Å². The molecule has 0 radical (unpaired) electrons. The third-order valence-corrected chi connectivity index (χ3v) is 5.20. The standard InChI is InChI=1S/C10H24N2O4Si/c1-4-14-17(15-5-2,16-6-3)9-7-8-12-10(11)13/h4-9H2,1-3H3,(H3,11,12,13). The molecule has 0 rings (SSSR count). The zero-order valence-electron chi connectivity index (χ0n) is 11.0. The van der Waals surface area contributed by atoms with E-state index in [1.807, 2.05) is 20.8 Å². The number of nitrogens with one attached hydrogen (secondary N) is 1. The fourth-order valence-corrected chi connectivity index (χ4v) is 4.13. The third-order valence-electron chi connectivity index (χ3n) is 2.05. The first-order chi connectivity index (χ1) is 8.10. The van der Waals surface area contributed by atoms with Gasteiger partial charge in [-0.15, -0.1) is 0 Å². The number of hydrogen-bond acceptors (Lipinski definition) is 4. The first-order valence-corrected chi connectivity index (χ1v) is 7.98. The highest BCUT2D eigenvalue weighted by atomic mass is 28.4. The molecule has 102 valence electrons. The van der Waals surface area contributed by atoms with Crippen LogP contribution in [0.1, 0.15) is 27.2 Å². The lowest BCUT2D eigenvalue weighted by Crippen LogP contribution is -2.46. The van der Waals surface area contributed by atoms with Crippen LogP contribution in [0.15, 0.2) is 0 Å². The normalized spacial score (nSPS) is 11.5. The highest BCUT2D eigenvalue weighted by molar-refractivity contribution is 6.60. The predicted molar refractivity (Wildman–Crippen MR) is 67.6 cm³/mol. The van der Waals surface area contributed by atoms with Crippen LogP contribution >= 0.6 is 0 Å². The van der Waals surface area contributed by atoms with Gasteiger partial charge in [0.05, 0.1) is 0 Å². The molecule has 0 heterocycles. The summed E-state index contributed by atoms with van der Waals surface area (Å²) in [6.45, 7) is 7.96. The molecule has 0 unspecified atom stereocenters. The van der Waals surface area contributed by atoms with Gasteiger partial charge in [-0.05, 0) is 27.2 Å². The highest BCUT2D eigenvalue weighted by Gasteiger charge is 2.39. The number of hydrogen-bond donors (Lipinski definition) is 2. The topological polar surface area (TPSA) is 82.8 Å². The average Bonchev–Trinajstić information content (AvgIpc) is 2.25. The molecule has 0 saturated heterocycles. The maximum Gasteiger partial charge on any atom is 0.500 e. The Labute approximate surface area is 104 Å². The Balaban J connectivity index is 4.18. The molecule has 0 atom stereocenters. The van der Waals surface area contributed by atoms with Crippen LogP contribution < -0.4 is 11.1 Å². The molecule has 7 heteroatoms. The number of nitrogens with two attached hydrogens (primary N) is 1. The van der Waals surface area contributed by atoms with E-state index in [2.05, 4.69) is 5.32 Å². The van der Waals surface area contributed by atoms with Crippen molar-refractivity contribution < 1.29 is 18.1 Å². The molecule has 0 aliphatic rings. The van der Waals surface area contributed by atoms with Crippen molar-refractivity contribution in [3.63, 3.8) is 0 Å². The average molecular weight is 264 g/mol. The van der Waals surface area contributed by atoms with Gasteiger partial charge < -0.3 is 24.3 Å². The van der Waals surface area contributed by atoms with Gasteiger partial charge in [0.1, 0.15) is 0 Å². The number of carbonyl (C=O) groups excluding carboxylic acids is 1. The molecule has 0 bridgehead atoms. The van der Waals surface area contributed by atoms with Crippen molar-refractivity contribution in [3.8, 4) is 0 Å². The molecule has 0 spiro atoms. The molecule has 0 aliphatic heterocycles. The zero-order chi connectivity index (χ0) is 13.1. The van der Waals surface area contributed by atoms with Gasteiger partial charge in [-0.2, -0.15) is 0 Å². The van der Waals surface area contributed by atoms with E-state index in [-0.39, 0.29) is 0 Å². The number of carbonyl (C=O) groups is 1. The van der Waals surface area contributed by atoms with Crippen LogP contribution in [0.3, 0.4) is 0 Å². The second kappa shape index (κ2) is 9.40. The Bertz CT molecular complexity index is 199. The van der Waals surface area contributed by atoms with Gasteiger partial charge in [0.15, 0.2) is 0 Å². The van der Waals surface area contributed by atoms with Crippen LogP contribution in [-0.2, 0) is 13.3 Å². The molecule has 17 heavy (non-hydrogen) atoms. The van der Waals surface area contributed by atoms with E-state index in [0.717, 1.165) is 6.42 Å². The minimum absolute atomic E-state index is 0.511. The van der Waals surface area contributed by atoms with Gasteiger partial charge in [0.2, 0.25) is 0 Å². The molecule has 0 saturated carbocycles. The molecule has 0 aromatic carbocycles. The largest absolute Gasteiger partial charge is 0.500 e. The van der Waals surface area contributed by atoms with Gasteiger partial charge in [-0.25, -0.2) is 4.79 Å². The summed E-state index contributed by atoms with van der Waals surface area (Å²) >= 11 is 0. The van der Waals surface area contributed by atoms with Gasteiger partial charge in [0, 0.05) is 32.4 Å². The number of amides is 2. The Morgan fingerprint density at radius 3 is 1.94 bits per heavy atom. The van der Waals surface area contributed by atoms with Gasteiger partial charge in [-0.1, -0.05) is 0 Å². The van der Waals surface area contributed by atoms with E-state index in [0.29, 0.717) is 32.4 Å². The first-order valence-electron chi connectivity index (χ1n) is 6.05. The molecule has 2 amide bonds. The van der Waals surface area contributed by atoms with Gasteiger partial charge >= 0.3 is 14.8 Å². The minimum Gasteiger partial charge on any atom is -0.374 e. The molecular formula is C10H24N2O4Si. The number of rotatable bonds is 10. The SMILES string of the molecule is CCO[Si](CCCNC(N)=O)(OCC)OCC. The summed E-state index contributed by atoms with van der Waals surface area (Å²) in [7, 11) is -2.56. The van der Waals surface area contributed by atoms with Crippen molar-refractivity contribution in [3.05, 3.63) is 0 Å². The predicted octanol–water partition coefficient (Wildman–Crippen LogP) is 1.09. The molecule has 0 aromatic heterocycles. The summed E-state index contributed by atoms with van der Waals surface area (Å²) in [6.07, 6.45) is 0.731. The van der Waals surface area contributed by atoms with Crippen LogP contribution in [-0.4, -0.2) is 41.2 Å². The zero-order valence-corrected chi connectivity index (χ0v) is 12.0. The maximum atomic E-state index is 10.5. The smallest absolute Gasteiger partial charge is 0.374 e. The second-order valence-corrected chi connectivity index (χ2v) is 6.11. The summed E-state index contributed by atoms with van der Waals surface area (Å²) in [5, 5.41) is 2.54. The van der Waals surface area contributed by atoms with E-state index in [1.54, 1.807) is 0 Å². The lowest BCUT2D eigenvalue weighted by Gasteiger charge is -2.28. The van der Waals surface area contributed by atoms with E-state index >= 15 is 0 Å². The lowest BCUT2D eigenvalue weighted by molar-refractivity contribution is 0.0708. The van der Waals surface area contributed by atoms with Gasteiger partial charge in [-0.3, -0.25) is 0 Å². The molecule has 3 N–H and O–H groups in total. The van der Waals surface area contributed by atoms with Crippen molar-refractivity contribution in [2.45, 2.75) is 33.2 Å². The van der Waals surface area contributed by atoms with Crippen LogP contribution in [0.2, 0.25) is 6.04 Å². The van der Waals surface area contributed by atoms with E-state index in [1.165, 1.54) is 0 Å². The summed E-state index contributed by atoms with van der Waals surface area (Å²) < 4.78 is 17.0. The second-order valence-electron chi connectivity index (χ2n) is 3.38. The van der Waals surface area contributed by atoms with E-state index in [4.69, 9.17) is 19.0 Å². The van der Waals surface area contributed by atoms with Crippen molar-refractivity contribution in [2.75, 3.05) is 26.4 Å². The van der Waals surface area contributed by atoms with Crippen molar-refractivity contribution in [1.29, 1.82) is 0 Å². The van der Waals surface area contributed by atoms with Crippen molar-refractivity contribution in [1.82, 2.24) is 5.32 Å². The summed E-state index contributed by atoms with van der Waals surface area (Å²) in [5.41, 5.74) is 4.99. The fourth-order valence-electron chi connectivity index (χ4n) is 1.52. The van der Waals surface area contributed by atoms with Crippen LogP contribution in [0.25, 0.3) is 0 Å². The number of urea groups is 1. The van der Waals surface area contributed by atoms with Crippen LogP contribution in [0, 0.1) is 0 Å². The molecule has 0 aliphatic carbocycles. The quantitative estimate of drug-likeness (QED) is 0.457. The van der Waals surface area contributed by atoms with Crippen molar-refractivity contribution >= 4 is 14.8 Å². The summed E-state index contributed by atoms with van der Waals surface area (Å²) in [4.78, 5) is 10.5. The summed E-state index contributed by atoms with van der Waals surface area (Å²) in [5.74, 6) is 0. The Kier molecular flexibility index (Phi) is 9.05.